The molecule has 0 aromatic heterocycles. The Morgan fingerprint density at radius 3 is 1.89 bits per heavy atom. The van der Waals surface area contributed by atoms with Gasteiger partial charge in [0.1, 0.15) is 0 Å². The van der Waals surface area contributed by atoms with Crippen molar-refractivity contribution in [1.29, 1.82) is 0 Å². The van der Waals surface area contributed by atoms with Crippen LogP contribution in [0.25, 0.3) is 0 Å². The van der Waals surface area contributed by atoms with Gasteiger partial charge in [-0.2, -0.15) is 0 Å². The van der Waals surface area contributed by atoms with Gasteiger partial charge in [-0.15, -0.1) is 0 Å². The van der Waals surface area contributed by atoms with Crippen molar-refractivity contribution < 1.29 is 4.79 Å². The Morgan fingerprint density at radius 1 is 0.926 bits per heavy atom. The Morgan fingerprint density at radius 2 is 1.41 bits per heavy atom. The van der Waals surface area contributed by atoms with Crippen LogP contribution in [0.15, 0.2) is 4.99 Å². The van der Waals surface area contributed by atoms with Crippen LogP contribution in [-0.4, -0.2) is 31.9 Å². The van der Waals surface area contributed by atoms with E-state index in [1.54, 1.807) is 0 Å². The van der Waals surface area contributed by atoms with Crippen LogP contribution in [-0.2, 0) is 4.79 Å². The van der Waals surface area contributed by atoms with E-state index in [0.29, 0.717) is 25.2 Å². The van der Waals surface area contributed by atoms with Gasteiger partial charge in [0.25, 0.3) is 0 Å². The van der Waals surface area contributed by atoms with Crippen LogP contribution in [0, 0.1) is 0 Å². The average Bonchev–Trinajstić information content (AvgIpc) is 2.65. The van der Waals surface area contributed by atoms with E-state index < -0.39 is 6.04 Å². The molecule has 1 aliphatic rings. The Bertz CT molecular complexity index is 401. The number of carbonyl (C=O) groups is 1. The third-order valence-electron chi connectivity index (χ3n) is 5.42. The first-order valence-corrected chi connectivity index (χ1v) is 11.0. The maximum absolute atomic E-state index is 12.2. The first kappa shape index (κ1) is 23.8. The van der Waals surface area contributed by atoms with Crippen LogP contribution in [0.1, 0.15) is 96.3 Å². The van der Waals surface area contributed by atoms with Gasteiger partial charge in [0.2, 0.25) is 13.3 Å². The number of amides is 1. The molecule has 1 saturated carbocycles. The first-order valence-electron chi connectivity index (χ1n) is 11.0. The predicted octanol–water partition coefficient (Wildman–Crippen LogP) is 2.98. The number of guanidine groups is 1. The molecule has 0 bridgehead atoms. The lowest BCUT2D eigenvalue weighted by Crippen LogP contribution is -2.43. The predicted molar refractivity (Wildman–Crippen MR) is 116 cm³/mol. The molecule has 1 amide bonds. The molecule has 0 heterocycles. The Kier molecular flexibility index (Phi) is 13.9. The van der Waals surface area contributed by atoms with Crippen molar-refractivity contribution in [3.8, 4) is 0 Å². The van der Waals surface area contributed by atoms with Gasteiger partial charge in [-0.05, 0) is 18.7 Å². The summed E-state index contributed by atoms with van der Waals surface area (Å²) in [6.07, 6.45) is 18.4. The van der Waals surface area contributed by atoms with Crippen molar-refractivity contribution >= 4 is 19.3 Å². The number of aliphatic imine (C=N–C) groups is 1. The van der Waals surface area contributed by atoms with Gasteiger partial charge in [0.15, 0.2) is 5.96 Å². The highest BCUT2D eigenvalue weighted by Gasteiger charge is 2.17. The molecule has 155 valence electrons. The number of nitrogens with one attached hydrogen (secondary N) is 1. The Balaban J connectivity index is 2.29. The minimum absolute atomic E-state index is 0.0789. The van der Waals surface area contributed by atoms with Crippen LogP contribution in [0.3, 0.4) is 0 Å². The maximum atomic E-state index is 12.2. The fraction of sp³-hybridized carbons (Fsp3) is 0.900. The number of nitrogens with zero attached hydrogens (tertiary/aromatic N) is 1. The van der Waals surface area contributed by atoms with Crippen LogP contribution < -0.4 is 22.4 Å². The first-order chi connectivity index (χ1) is 13.1. The highest BCUT2D eigenvalue weighted by Crippen LogP contribution is 2.23. The molecule has 7 heteroatoms. The van der Waals surface area contributed by atoms with Crippen LogP contribution in [0.4, 0.5) is 0 Å². The minimum Gasteiger partial charge on any atom is -0.402 e. The molecule has 0 unspecified atom stereocenters. The standard InChI is InChI=1S/C20H41BN5O/c22-18(15-12-16-25-20(23)24)19(27)26-21-17-13-10-8-6-4-2-1-3-5-7-9-11-14-17/h17-18H,1-16,22H2,(H,26,27)(H4,23,24,25)/t18-/m0/s1. The smallest absolute Gasteiger partial charge is 0.249 e. The van der Waals surface area contributed by atoms with Gasteiger partial charge >= 0.3 is 0 Å². The summed E-state index contributed by atoms with van der Waals surface area (Å²) in [6.45, 7) is 0.510. The van der Waals surface area contributed by atoms with Gasteiger partial charge in [-0.25, -0.2) is 0 Å². The van der Waals surface area contributed by atoms with Gasteiger partial charge in [0.05, 0.1) is 6.04 Å². The van der Waals surface area contributed by atoms with E-state index in [-0.39, 0.29) is 11.9 Å². The summed E-state index contributed by atoms with van der Waals surface area (Å²) in [4.78, 5) is 16.1. The average molecular weight is 378 g/mol. The second kappa shape index (κ2) is 15.8. The molecule has 0 aliphatic heterocycles. The van der Waals surface area contributed by atoms with Crippen molar-refractivity contribution in [2.45, 2.75) is 108 Å². The van der Waals surface area contributed by atoms with E-state index >= 15 is 0 Å². The molecule has 27 heavy (non-hydrogen) atoms. The molecule has 1 atom stereocenters. The van der Waals surface area contributed by atoms with Gasteiger partial charge in [-0.1, -0.05) is 83.5 Å². The lowest BCUT2D eigenvalue weighted by molar-refractivity contribution is -0.120. The quantitative estimate of drug-likeness (QED) is 0.236. The van der Waals surface area contributed by atoms with Crippen molar-refractivity contribution in [3.63, 3.8) is 0 Å². The van der Waals surface area contributed by atoms with E-state index in [2.05, 4.69) is 10.2 Å². The Labute approximate surface area is 166 Å². The molecular weight excluding hydrogens is 337 g/mol. The summed E-state index contributed by atoms with van der Waals surface area (Å²) in [7, 11) is 2.00. The molecule has 0 aromatic rings. The van der Waals surface area contributed by atoms with Gasteiger partial charge in [0, 0.05) is 6.54 Å². The normalized spacial score (nSPS) is 19.4. The molecule has 0 saturated heterocycles. The van der Waals surface area contributed by atoms with E-state index in [1.165, 1.54) is 83.5 Å². The molecule has 1 rings (SSSR count). The largest absolute Gasteiger partial charge is 0.402 e. The molecule has 7 N–H and O–H groups in total. The minimum atomic E-state index is -0.506. The number of rotatable bonds is 7. The molecule has 1 fully saturated rings. The fourth-order valence-corrected chi connectivity index (χ4v) is 3.67. The zero-order valence-electron chi connectivity index (χ0n) is 17.1. The number of carbonyl (C=O) groups excluding carboxylic acids is 1. The zero-order chi connectivity index (χ0) is 19.7. The monoisotopic (exact) mass is 378 g/mol. The lowest BCUT2D eigenvalue weighted by atomic mass is 9.69. The summed E-state index contributed by atoms with van der Waals surface area (Å²) in [5, 5.41) is 2.96. The van der Waals surface area contributed by atoms with E-state index in [4.69, 9.17) is 17.2 Å². The SMILES string of the molecule is NC(N)=NCCC[C@H](N)C(=O)N[B]C1CCCCCCCCCCCCC1. The number of nitrogens with two attached hydrogens (primary N) is 3. The molecule has 6 nitrogen and oxygen atoms in total. The summed E-state index contributed by atoms with van der Waals surface area (Å²) in [5.74, 6) is 0.444. The van der Waals surface area contributed by atoms with Crippen molar-refractivity contribution in [3.05, 3.63) is 0 Å². The maximum Gasteiger partial charge on any atom is 0.249 e. The second-order valence-electron chi connectivity index (χ2n) is 7.96. The van der Waals surface area contributed by atoms with Crippen molar-refractivity contribution in [1.82, 2.24) is 5.23 Å². The van der Waals surface area contributed by atoms with Crippen LogP contribution in [0.2, 0.25) is 5.82 Å². The molecular formula is C20H41BN5O. The zero-order valence-corrected chi connectivity index (χ0v) is 17.1. The summed E-state index contributed by atoms with van der Waals surface area (Å²) >= 11 is 0. The molecule has 1 aliphatic carbocycles. The van der Waals surface area contributed by atoms with E-state index in [9.17, 15) is 4.79 Å². The van der Waals surface area contributed by atoms with Crippen molar-refractivity contribution in [2.24, 2.45) is 22.2 Å². The summed E-state index contributed by atoms with van der Waals surface area (Å²) in [6, 6.07) is -0.506. The summed E-state index contributed by atoms with van der Waals surface area (Å²) < 4.78 is 0. The molecule has 0 spiro atoms. The fourth-order valence-electron chi connectivity index (χ4n) is 3.67. The van der Waals surface area contributed by atoms with Gasteiger partial charge < -0.3 is 22.4 Å². The van der Waals surface area contributed by atoms with Crippen molar-refractivity contribution in [2.75, 3.05) is 6.54 Å². The van der Waals surface area contributed by atoms with Crippen LogP contribution >= 0.6 is 0 Å². The molecule has 1 radical (unpaired) electrons. The highest BCUT2D eigenvalue weighted by molar-refractivity contribution is 6.39. The van der Waals surface area contributed by atoms with Crippen LogP contribution in [0.5, 0.6) is 0 Å². The van der Waals surface area contributed by atoms with Gasteiger partial charge in [-0.3, -0.25) is 9.79 Å². The molecule has 0 aromatic carbocycles. The lowest BCUT2D eigenvalue weighted by Gasteiger charge is -2.18. The second-order valence-corrected chi connectivity index (χ2v) is 7.96. The number of hydrogen-bond acceptors (Lipinski definition) is 3. The van der Waals surface area contributed by atoms with E-state index in [1.807, 2.05) is 7.41 Å². The van der Waals surface area contributed by atoms with E-state index in [0.717, 1.165) is 0 Å². The third kappa shape index (κ3) is 13.6. The summed E-state index contributed by atoms with van der Waals surface area (Å²) in [5.41, 5.74) is 16.6. The highest BCUT2D eigenvalue weighted by atomic mass is 16.1. The Hall–Kier alpha value is -1.24. The third-order valence-corrected chi connectivity index (χ3v) is 5.42. The topological polar surface area (TPSA) is 120 Å². The number of hydrogen-bond donors (Lipinski definition) is 4.